The number of aryl methyl sites for hydroxylation is 2. The van der Waals surface area contributed by atoms with Crippen LogP contribution in [0, 0.1) is 13.8 Å². The lowest BCUT2D eigenvalue weighted by Crippen LogP contribution is -2.35. The number of carbonyl (C=O) groups is 1. The van der Waals surface area contributed by atoms with Crippen molar-refractivity contribution in [1.29, 1.82) is 0 Å². The Kier molecular flexibility index (Phi) is 5.70. The van der Waals surface area contributed by atoms with Gasteiger partial charge < -0.3 is 14.5 Å². The number of furan rings is 1. The predicted molar refractivity (Wildman–Crippen MR) is 106 cm³/mol. The van der Waals surface area contributed by atoms with Crippen molar-refractivity contribution in [2.24, 2.45) is 0 Å². The van der Waals surface area contributed by atoms with Crippen molar-refractivity contribution in [2.45, 2.75) is 65.8 Å². The van der Waals surface area contributed by atoms with Gasteiger partial charge in [-0.2, -0.15) is 0 Å². The molecular formula is C22H29NO3. The molecule has 1 amide bonds. The highest BCUT2D eigenvalue weighted by Gasteiger charge is 2.18. The highest BCUT2D eigenvalue weighted by atomic mass is 16.5. The molecule has 0 unspecified atom stereocenters. The van der Waals surface area contributed by atoms with Crippen molar-refractivity contribution in [3.63, 3.8) is 0 Å². The van der Waals surface area contributed by atoms with Gasteiger partial charge >= 0.3 is 0 Å². The lowest BCUT2D eigenvalue weighted by atomic mass is 9.95. The maximum absolute atomic E-state index is 12.5. The second-order valence-corrected chi connectivity index (χ2v) is 7.28. The normalized spacial score (nSPS) is 16.1. The highest BCUT2D eigenvalue weighted by molar-refractivity contribution is 5.98. The first-order valence-electron chi connectivity index (χ1n) is 9.64. The van der Waals surface area contributed by atoms with Crippen molar-refractivity contribution >= 4 is 22.4 Å². The Morgan fingerprint density at radius 3 is 2.73 bits per heavy atom. The molecule has 26 heavy (non-hydrogen) atoms. The molecule has 1 aliphatic rings. The highest BCUT2D eigenvalue weighted by Crippen LogP contribution is 2.37. The summed E-state index contributed by atoms with van der Waals surface area (Å²) in [4.78, 5) is 12.5. The number of amides is 1. The van der Waals surface area contributed by atoms with E-state index in [9.17, 15) is 4.79 Å². The van der Waals surface area contributed by atoms with Crippen LogP contribution < -0.4 is 10.1 Å². The molecule has 0 aliphatic heterocycles. The Morgan fingerprint density at radius 1 is 1.31 bits per heavy atom. The zero-order valence-electron chi connectivity index (χ0n) is 16.3. The molecule has 2 aromatic rings. The Hall–Kier alpha value is -2.23. The SMILES string of the molecule is CCOc1c(/C(C)=C/C(=O)NC2CCCCC2)cc2c(C)coc2c1C. The van der Waals surface area contributed by atoms with Crippen molar-refractivity contribution < 1.29 is 13.9 Å². The molecule has 0 atom stereocenters. The number of benzene rings is 1. The van der Waals surface area contributed by atoms with E-state index in [0.29, 0.717) is 12.6 Å². The second-order valence-electron chi connectivity index (χ2n) is 7.28. The van der Waals surface area contributed by atoms with E-state index in [-0.39, 0.29) is 5.91 Å². The molecule has 1 aromatic heterocycles. The monoisotopic (exact) mass is 355 g/mol. The van der Waals surface area contributed by atoms with E-state index in [2.05, 4.69) is 11.4 Å². The largest absolute Gasteiger partial charge is 0.493 e. The van der Waals surface area contributed by atoms with Gasteiger partial charge in [-0.1, -0.05) is 19.3 Å². The molecule has 0 radical (unpaired) electrons. The van der Waals surface area contributed by atoms with Gasteiger partial charge in [0.15, 0.2) is 0 Å². The van der Waals surface area contributed by atoms with E-state index >= 15 is 0 Å². The molecule has 1 heterocycles. The number of allylic oxidation sites excluding steroid dienone is 1. The van der Waals surface area contributed by atoms with Crippen LogP contribution in [0.1, 0.15) is 62.6 Å². The van der Waals surface area contributed by atoms with Gasteiger partial charge in [0, 0.05) is 28.6 Å². The van der Waals surface area contributed by atoms with Gasteiger partial charge in [0.05, 0.1) is 12.9 Å². The van der Waals surface area contributed by atoms with E-state index in [0.717, 1.165) is 51.8 Å². The van der Waals surface area contributed by atoms with Gasteiger partial charge in [0.2, 0.25) is 5.91 Å². The summed E-state index contributed by atoms with van der Waals surface area (Å²) in [6, 6.07) is 2.39. The first kappa shape index (κ1) is 18.6. The van der Waals surface area contributed by atoms with Crippen LogP contribution in [-0.2, 0) is 4.79 Å². The number of carbonyl (C=O) groups excluding carboxylic acids is 1. The van der Waals surface area contributed by atoms with Gasteiger partial charge in [-0.15, -0.1) is 0 Å². The number of rotatable bonds is 5. The average Bonchev–Trinajstić information content (AvgIpc) is 2.99. The number of hydrogen-bond acceptors (Lipinski definition) is 3. The maximum atomic E-state index is 12.5. The summed E-state index contributed by atoms with van der Waals surface area (Å²) in [5.41, 5.74) is 4.79. The Bertz CT molecular complexity index is 826. The van der Waals surface area contributed by atoms with Crippen LogP contribution in [0.3, 0.4) is 0 Å². The summed E-state index contributed by atoms with van der Waals surface area (Å²) >= 11 is 0. The van der Waals surface area contributed by atoms with E-state index in [4.69, 9.17) is 9.15 Å². The van der Waals surface area contributed by atoms with Crippen molar-refractivity contribution in [1.82, 2.24) is 5.32 Å². The number of fused-ring (bicyclic) bond motifs is 1. The smallest absolute Gasteiger partial charge is 0.244 e. The summed E-state index contributed by atoms with van der Waals surface area (Å²) in [7, 11) is 0. The van der Waals surface area contributed by atoms with E-state index in [1.54, 1.807) is 12.3 Å². The van der Waals surface area contributed by atoms with E-state index in [1.807, 2.05) is 27.7 Å². The molecule has 0 saturated heterocycles. The van der Waals surface area contributed by atoms with Crippen LogP contribution in [0.2, 0.25) is 0 Å². The molecule has 4 nitrogen and oxygen atoms in total. The number of hydrogen-bond donors (Lipinski definition) is 1. The maximum Gasteiger partial charge on any atom is 0.244 e. The third-order valence-electron chi connectivity index (χ3n) is 5.25. The topological polar surface area (TPSA) is 51.5 Å². The Morgan fingerprint density at radius 2 is 2.04 bits per heavy atom. The van der Waals surface area contributed by atoms with Crippen molar-refractivity contribution in [2.75, 3.05) is 6.61 Å². The van der Waals surface area contributed by atoms with Gasteiger partial charge in [0.25, 0.3) is 0 Å². The van der Waals surface area contributed by atoms with Crippen LogP contribution in [0.25, 0.3) is 16.5 Å². The van der Waals surface area contributed by atoms with Crippen molar-refractivity contribution in [3.05, 3.63) is 35.1 Å². The molecule has 4 heteroatoms. The molecule has 1 N–H and O–H groups in total. The van der Waals surface area contributed by atoms with Crippen LogP contribution in [0.4, 0.5) is 0 Å². The molecule has 1 aromatic carbocycles. The van der Waals surface area contributed by atoms with Gasteiger partial charge in [-0.25, -0.2) is 0 Å². The quantitative estimate of drug-likeness (QED) is 0.740. The molecular weight excluding hydrogens is 326 g/mol. The third kappa shape index (κ3) is 3.79. The third-order valence-corrected chi connectivity index (χ3v) is 5.25. The van der Waals surface area contributed by atoms with E-state index in [1.165, 1.54) is 19.3 Å². The summed E-state index contributed by atoms with van der Waals surface area (Å²) in [6.07, 6.45) is 9.33. The van der Waals surface area contributed by atoms with E-state index < -0.39 is 0 Å². The number of ether oxygens (including phenoxy) is 1. The number of nitrogens with one attached hydrogen (secondary N) is 1. The van der Waals surface area contributed by atoms with Gasteiger partial charge in [-0.3, -0.25) is 4.79 Å². The molecule has 140 valence electrons. The lowest BCUT2D eigenvalue weighted by molar-refractivity contribution is -0.117. The summed E-state index contributed by atoms with van der Waals surface area (Å²) in [6.45, 7) is 8.55. The zero-order valence-corrected chi connectivity index (χ0v) is 16.3. The lowest BCUT2D eigenvalue weighted by Gasteiger charge is -2.22. The fourth-order valence-electron chi connectivity index (χ4n) is 3.83. The first-order valence-corrected chi connectivity index (χ1v) is 9.64. The second kappa shape index (κ2) is 7.98. The van der Waals surface area contributed by atoms with Crippen LogP contribution in [-0.4, -0.2) is 18.6 Å². The van der Waals surface area contributed by atoms with Gasteiger partial charge in [0.1, 0.15) is 11.3 Å². The summed E-state index contributed by atoms with van der Waals surface area (Å²) in [5, 5.41) is 4.23. The molecule has 1 saturated carbocycles. The minimum absolute atomic E-state index is 0.0153. The molecule has 3 rings (SSSR count). The fraction of sp³-hybridized carbons (Fsp3) is 0.500. The van der Waals surface area contributed by atoms with Crippen LogP contribution >= 0.6 is 0 Å². The fourth-order valence-corrected chi connectivity index (χ4v) is 3.83. The molecule has 0 spiro atoms. The van der Waals surface area contributed by atoms with Crippen LogP contribution in [0.5, 0.6) is 5.75 Å². The van der Waals surface area contributed by atoms with Crippen LogP contribution in [0.15, 0.2) is 22.8 Å². The van der Waals surface area contributed by atoms with Gasteiger partial charge in [-0.05, 0) is 57.7 Å². The zero-order chi connectivity index (χ0) is 18.7. The molecule has 1 aliphatic carbocycles. The minimum atomic E-state index is -0.0153. The summed E-state index contributed by atoms with van der Waals surface area (Å²) in [5.74, 6) is 0.784. The standard InChI is InChI=1S/C22H29NO3/c1-5-25-21-16(4)22-19(15(3)13-26-22)12-18(21)14(2)11-20(24)23-17-9-7-6-8-10-17/h11-13,17H,5-10H2,1-4H3,(H,23,24)/b14-11+. The molecule has 1 fully saturated rings. The molecule has 0 bridgehead atoms. The minimum Gasteiger partial charge on any atom is -0.493 e. The Labute approximate surface area is 155 Å². The average molecular weight is 355 g/mol. The Balaban J connectivity index is 1.92. The predicted octanol–water partition coefficient (Wildman–Crippen LogP) is 5.30. The van der Waals surface area contributed by atoms with Crippen molar-refractivity contribution in [3.8, 4) is 5.75 Å². The summed E-state index contributed by atoms with van der Waals surface area (Å²) < 4.78 is 11.6. The first-order chi connectivity index (χ1) is 12.5.